The normalized spacial score (nSPS) is 23.0. The molecule has 0 aliphatic carbocycles. The highest BCUT2D eigenvalue weighted by molar-refractivity contribution is 8.01. The van der Waals surface area contributed by atoms with E-state index in [9.17, 15) is 8.42 Å². The largest absolute Gasteiger partial charge is 0.475 e. The molecule has 0 radical (unpaired) electrons. The summed E-state index contributed by atoms with van der Waals surface area (Å²) >= 11 is 1.59. The maximum atomic E-state index is 12.5. The predicted octanol–water partition coefficient (Wildman–Crippen LogP) is 3.86. The lowest BCUT2D eigenvalue weighted by atomic mass is 10.1. The Morgan fingerprint density at radius 3 is 2.60 bits per heavy atom. The predicted molar refractivity (Wildman–Crippen MR) is 100 cm³/mol. The number of aliphatic imine (C=N–C) groups is 1. The van der Waals surface area contributed by atoms with Crippen molar-refractivity contribution in [3.8, 4) is 0 Å². The van der Waals surface area contributed by atoms with E-state index in [1.54, 1.807) is 23.9 Å². The molecule has 2 aromatic rings. The average Bonchev–Trinajstić information content (AvgIpc) is 3.05. The monoisotopic (exact) mass is 373 g/mol. The highest BCUT2D eigenvalue weighted by atomic mass is 32.2. The standard InChI is InChI=1S/C19H19NO3S2/c1-19(2)12-23-18(20-19)13-8-9-17-15(10-13)16(11-25(17,21)22)24-14-6-4-3-5-7-14/h3-10,16H,11-12H2,1-2H3. The summed E-state index contributed by atoms with van der Waals surface area (Å²) in [7, 11) is -3.24. The summed E-state index contributed by atoms with van der Waals surface area (Å²) in [6.45, 7) is 4.58. The minimum Gasteiger partial charge on any atom is -0.475 e. The van der Waals surface area contributed by atoms with Crippen LogP contribution in [0.15, 0.2) is 63.3 Å². The quantitative estimate of drug-likeness (QED) is 0.820. The molecule has 2 aromatic carbocycles. The number of benzene rings is 2. The Balaban J connectivity index is 1.73. The van der Waals surface area contributed by atoms with Crippen molar-refractivity contribution < 1.29 is 13.2 Å². The van der Waals surface area contributed by atoms with Crippen molar-refractivity contribution in [3.05, 3.63) is 59.7 Å². The summed E-state index contributed by atoms with van der Waals surface area (Å²) in [5, 5.41) is -0.114. The van der Waals surface area contributed by atoms with Crippen LogP contribution in [0.25, 0.3) is 0 Å². The van der Waals surface area contributed by atoms with Gasteiger partial charge in [-0.25, -0.2) is 13.4 Å². The van der Waals surface area contributed by atoms with Gasteiger partial charge < -0.3 is 4.74 Å². The molecule has 0 saturated carbocycles. The van der Waals surface area contributed by atoms with Gasteiger partial charge in [-0.1, -0.05) is 18.2 Å². The van der Waals surface area contributed by atoms with Crippen LogP contribution in [-0.2, 0) is 14.6 Å². The van der Waals surface area contributed by atoms with Crippen molar-refractivity contribution in [2.24, 2.45) is 4.99 Å². The van der Waals surface area contributed by atoms with Gasteiger partial charge in [-0.3, -0.25) is 0 Å². The summed E-state index contributed by atoms with van der Waals surface area (Å²) in [6, 6.07) is 15.3. The second-order valence-corrected chi connectivity index (χ2v) is 10.3. The molecule has 2 heterocycles. The molecule has 0 aromatic heterocycles. The second kappa shape index (κ2) is 5.88. The fraction of sp³-hybridized carbons (Fsp3) is 0.316. The Morgan fingerprint density at radius 2 is 1.92 bits per heavy atom. The lowest BCUT2D eigenvalue weighted by Crippen LogP contribution is -2.17. The second-order valence-electron chi connectivity index (χ2n) is 6.97. The van der Waals surface area contributed by atoms with Gasteiger partial charge in [-0.15, -0.1) is 11.8 Å². The van der Waals surface area contributed by atoms with E-state index in [0.29, 0.717) is 17.4 Å². The summed E-state index contributed by atoms with van der Waals surface area (Å²) in [4.78, 5) is 6.10. The van der Waals surface area contributed by atoms with Gasteiger partial charge in [-0.2, -0.15) is 0 Å². The van der Waals surface area contributed by atoms with Crippen molar-refractivity contribution in [1.29, 1.82) is 0 Å². The summed E-state index contributed by atoms with van der Waals surface area (Å²) in [6.07, 6.45) is 0. The van der Waals surface area contributed by atoms with Crippen molar-refractivity contribution in [2.75, 3.05) is 12.4 Å². The van der Waals surface area contributed by atoms with E-state index >= 15 is 0 Å². The van der Waals surface area contributed by atoms with Gasteiger partial charge >= 0.3 is 0 Å². The average molecular weight is 373 g/mol. The van der Waals surface area contributed by atoms with Crippen LogP contribution in [0.4, 0.5) is 0 Å². The third-order valence-electron chi connectivity index (χ3n) is 4.30. The van der Waals surface area contributed by atoms with E-state index in [1.165, 1.54) is 0 Å². The van der Waals surface area contributed by atoms with Gasteiger partial charge in [0.1, 0.15) is 6.61 Å². The van der Waals surface area contributed by atoms with Crippen molar-refractivity contribution in [1.82, 2.24) is 0 Å². The first-order valence-electron chi connectivity index (χ1n) is 8.16. The molecule has 1 atom stereocenters. The third-order valence-corrected chi connectivity index (χ3v) is 7.57. The molecule has 0 amide bonds. The molecule has 2 aliphatic rings. The van der Waals surface area contributed by atoms with Crippen LogP contribution in [-0.4, -0.2) is 32.2 Å². The maximum absolute atomic E-state index is 12.5. The number of nitrogens with zero attached hydrogens (tertiary/aromatic N) is 1. The van der Waals surface area contributed by atoms with Crippen molar-refractivity contribution >= 4 is 27.5 Å². The van der Waals surface area contributed by atoms with Crippen LogP contribution < -0.4 is 0 Å². The SMILES string of the molecule is CC1(C)COC(c2ccc3c(c2)C(Sc2ccccc2)CS3(=O)=O)=N1. The van der Waals surface area contributed by atoms with Gasteiger partial charge in [0, 0.05) is 10.5 Å². The molecule has 4 rings (SSSR count). The van der Waals surface area contributed by atoms with Gasteiger partial charge in [0.25, 0.3) is 0 Å². The van der Waals surface area contributed by atoms with Gasteiger partial charge in [-0.05, 0) is 49.7 Å². The smallest absolute Gasteiger partial charge is 0.216 e. The molecular formula is C19H19NO3S2. The van der Waals surface area contributed by atoms with Crippen LogP contribution in [0.3, 0.4) is 0 Å². The van der Waals surface area contributed by atoms with Crippen molar-refractivity contribution in [2.45, 2.75) is 34.4 Å². The first kappa shape index (κ1) is 16.7. The molecule has 0 saturated heterocycles. The van der Waals surface area contributed by atoms with E-state index < -0.39 is 9.84 Å². The zero-order chi connectivity index (χ0) is 17.7. The molecule has 0 spiro atoms. The number of ether oxygens (including phenoxy) is 1. The fourth-order valence-corrected chi connectivity index (χ4v) is 6.53. The fourth-order valence-electron chi connectivity index (χ4n) is 3.09. The lowest BCUT2D eigenvalue weighted by molar-refractivity contribution is 0.279. The number of fused-ring (bicyclic) bond motifs is 1. The van der Waals surface area contributed by atoms with Crippen LogP contribution in [0.1, 0.15) is 30.2 Å². The number of hydrogen-bond donors (Lipinski definition) is 0. The van der Waals surface area contributed by atoms with Crippen LogP contribution in [0.2, 0.25) is 0 Å². The van der Waals surface area contributed by atoms with E-state index in [1.807, 2.05) is 50.2 Å². The van der Waals surface area contributed by atoms with E-state index in [-0.39, 0.29) is 16.5 Å². The van der Waals surface area contributed by atoms with Crippen LogP contribution in [0.5, 0.6) is 0 Å². The minimum atomic E-state index is -3.24. The molecule has 6 heteroatoms. The molecule has 4 nitrogen and oxygen atoms in total. The number of sulfone groups is 1. The number of thioether (sulfide) groups is 1. The zero-order valence-corrected chi connectivity index (χ0v) is 15.7. The highest BCUT2D eigenvalue weighted by Crippen LogP contribution is 2.45. The summed E-state index contributed by atoms with van der Waals surface area (Å²) in [5.41, 5.74) is 1.46. The summed E-state index contributed by atoms with van der Waals surface area (Å²) < 4.78 is 30.7. The van der Waals surface area contributed by atoms with E-state index in [0.717, 1.165) is 16.0 Å². The van der Waals surface area contributed by atoms with Crippen LogP contribution in [0, 0.1) is 0 Å². The minimum absolute atomic E-state index is 0.114. The van der Waals surface area contributed by atoms with E-state index in [4.69, 9.17) is 4.74 Å². The topological polar surface area (TPSA) is 55.7 Å². The Bertz CT molecular complexity index is 950. The number of hydrogen-bond acceptors (Lipinski definition) is 5. The maximum Gasteiger partial charge on any atom is 0.216 e. The summed E-state index contributed by atoms with van der Waals surface area (Å²) in [5.74, 6) is 0.727. The van der Waals surface area contributed by atoms with Gasteiger partial charge in [0.2, 0.25) is 5.90 Å². The third kappa shape index (κ3) is 3.20. The van der Waals surface area contributed by atoms with Gasteiger partial charge in [0.05, 0.1) is 21.4 Å². The first-order valence-corrected chi connectivity index (χ1v) is 10.7. The first-order chi connectivity index (χ1) is 11.8. The van der Waals surface area contributed by atoms with Crippen LogP contribution >= 0.6 is 11.8 Å². The van der Waals surface area contributed by atoms with E-state index in [2.05, 4.69) is 4.99 Å². The molecule has 0 bridgehead atoms. The highest BCUT2D eigenvalue weighted by Gasteiger charge is 2.36. The van der Waals surface area contributed by atoms with Gasteiger partial charge in [0.15, 0.2) is 9.84 Å². The van der Waals surface area contributed by atoms with Crippen molar-refractivity contribution in [3.63, 3.8) is 0 Å². The molecule has 130 valence electrons. The number of rotatable bonds is 3. The zero-order valence-electron chi connectivity index (χ0n) is 14.1. The Kier molecular flexibility index (Phi) is 3.92. The molecule has 25 heavy (non-hydrogen) atoms. The molecule has 0 fully saturated rings. The Morgan fingerprint density at radius 1 is 1.16 bits per heavy atom. The molecule has 1 unspecified atom stereocenters. The molecular weight excluding hydrogens is 354 g/mol. The molecule has 2 aliphatic heterocycles. The Labute approximate surface area is 152 Å². The molecule has 0 N–H and O–H groups in total. The lowest BCUT2D eigenvalue weighted by Gasteiger charge is -2.11. The Hall–Kier alpha value is -1.79.